The second kappa shape index (κ2) is 9.82. The number of carbonyl (C=O) groups is 1. The third kappa shape index (κ3) is 5.76. The molecule has 1 unspecified atom stereocenters. The Bertz CT molecular complexity index is 745. The standard InChI is InChI=1S/C20H31N3O4S/c1-2-28(25,26)23-9-3-4-19(16-23)20(24)21-14-17-5-7-18(8-6-17)15-22-10-12-27-13-11-22/h5-8,19H,2-4,9-16H2,1H3,(H,21,24). The third-order valence-corrected chi connectivity index (χ3v) is 7.36. The van der Waals surface area contributed by atoms with Crippen LogP contribution in [0.5, 0.6) is 0 Å². The molecule has 2 heterocycles. The molecule has 0 aromatic heterocycles. The molecule has 8 heteroatoms. The van der Waals surface area contributed by atoms with Gasteiger partial charge >= 0.3 is 0 Å². The average molecular weight is 410 g/mol. The summed E-state index contributed by atoms with van der Waals surface area (Å²) in [5, 5.41) is 2.97. The number of nitrogens with zero attached hydrogens (tertiary/aromatic N) is 2. The van der Waals surface area contributed by atoms with Crippen LogP contribution in [0.1, 0.15) is 30.9 Å². The van der Waals surface area contributed by atoms with Gasteiger partial charge in [-0.25, -0.2) is 12.7 Å². The van der Waals surface area contributed by atoms with Crippen molar-refractivity contribution in [1.29, 1.82) is 0 Å². The van der Waals surface area contributed by atoms with Gasteiger partial charge in [0.15, 0.2) is 0 Å². The van der Waals surface area contributed by atoms with Crippen LogP contribution in [-0.4, -0.2) is 68.7 Å². The van der Waals surface area contributed by atoms with E-state index in [4.69, 9.17) is 4.74 Å². The fraction of sp³-hybridized carbons (Fsp3) is 0.650. The summed E-state index contributed by atoms with van der Waals surface area (Å²) in [5.41, 5.74) is 2.30. The van der Waals surface area contributed by atoms with Crippen molar-refractivity contribution in [2.45, 2.75) is 32.9 Å². The van der Waals surface area contributed by atoms with Gasteiger partial charge in [-0.1, -0.05) is 24.3 Å². The lowest BCUT2D eigenvalue weighted by molar-refractivity contribution is -0.126. The smallest absolute Gasteiger partial charge is 0.224 e. The van der Waals surface area contributed by atoms with Gasteiger partial charge < -0.3 is 10.1 Å². The summed E-state index contributed by atoms with van der Waals surface area (Å²) in [4.78, 5) is 14.9. The summed E-state index contributed by atoms with van der Waals surface area (Å²) in [6.45, 7) is 7.35. The number of morpholine rings is 1. The van der Waals surface area contributed by atoms with Crippen LogP contribution in [0.4, 0.5) is 0 Å². The summed E-state index contributed by atoms with van der Waals surface area (Å²) < 4.78 is 31.0. The number of sulfonamides is 1. The van der Waals surface area contributed by atoms with E-state index in [0.29, 0.717) is 19.6 Å². The molecule has 1 atom stereocenters. The number of rotatable bonds is 7. The van der Waals surface area contributed by atoms with Gasteiger partial charge in [-0.15, -0.1) is 0 Å². The monoisotopic (exact) mass is 409 g/mol. The van der Waals surface area contributed by atoms with Crippen LogP contribution in [-0.2, 0) is 32.6 Å². The highest BCUT2D eigenvalue weighted by atomic mass is 32.2. The molecule has 0 radical (unpaired) electrons. The number of ether oxygens (including phenoxy) is 1. The van der Waals surface area contributed by atoms with Crippen LogP contribution in [0.2, 0.25) is 0 Å². The van der Waals surface area contributed by atoms with Gasteiger partial charge in [-0.05, 0) is 30.9 Å². The van der Waals surface area contributed by atoms with E-state index in [9.17, 15) is 13.2 Å². The SMILES string of the molecule is CCS(=O)(=O)N1CCCC(C(=O)NCc2ccc(CN3CCOCC3)cc2)C1. The van der Waals surface area contributed by atoms with Crippen molar-refractivity contribution in [1.82, 2.24) is 14.5 Å². The summed E-state index contributed by atoms with van der Waals surface area (Å²) >= 11 is 0. The van der Waals surface area contributed by atoms with Gasteiger partial charge in [0.25, 0.3) is 0 Å². The predicted molar refractivity (Wildman–Crippen MR) is 108 cm³/mol. The fourth-order valence-electron chi connectivity index (χ4n) is 3.71. The van der Waals surface area contributed by atoms with Crippen molar-refractivity contribution in [3.63, 3.8) is 0 Å². The molecule has 0 saturated carbocycles. The number of nitrogens with one attached hydrogen (secondary N) is 1. The molecule has 2 saturated heterocycles. The lowest BCUT2D eigenvalue weighted by Gasteiger charge is -2.30. The molecule has 3 rings (SSSR count). The van der Waals surface area contributed by atoms with Gasteiger partial charge in [0.1, 0.15) is 0 Å². The molecule has 0 bridgehead atoms. The highest BCUT2D eigenvalue weighted by Crippen LogP contribution is 2.20. The van der Waals surface area contributed by atoms with Crippen LogP contribution in [0.25, 0.3) is 0 Å². The van der Waals surface area contributed by atoms with Crippen molar-refractivity contribution in [3.8, 4) is 0 Å². The van der Waals surface area contributed by atoms with E-state index < -0.39 is 10.0 Å². The molecule has 7 nitrogen and oxygen atoms in total. The van der Waals surface area contributed by atoms with Gasteiger partial charge in [-0.3, -0.25) is 9.69 Å². The van der Waals surface area contributed by atoms with Crippen molar-refractivity contribution >= 4 is 15.9 Å². The van der Waals surface area contributed by atoms with Crippen LogP contribution in [0.15, 0.2) is 24.3 Å². The maximum Gasteiger partial charge on any atom is 0.224 e. The zero-order valence-corrected chi connectivity index (χ0v) is 17.4. The summed E-state index contributed by atoms with van der Waals surface area (Å²) in [6.07, 6.45) is 1.47. The molecular formula is C20H31N3O4S. The second-order valence-electron chi connectivity index (χ2n) is 7.52. The Morgan fingerprint density at radius 3 is 2.50 bits per heavy atom. The Kier molecular flexibility index (Phi) is 7.45. The predicted octanol–water partition coefficient (Wildman–Crippen LogP) is 1.20. The molecule has 2 fully saturated rings. The molecule has 0 spiro atoms. The number of hydrogen-bond acceptors (Lipinski definition) is 5. The zero-order chi connectivity index (χ0) is 20.0. The first-order valence-electron chi connectivity index (χ1n) is 10.1. The summed E-state index contributed by atoms with van der Waals surface area (Å²) in [7, 11) is -3.23. The van der Waals surface area contributed by atoms with E-state index in [1.165, 1.54) is 9.87 Å². The van der Waals surface area contributed by atoms with E-state index in [1.807, 2.05) is 12.1 Å². The molecule has 1 amide bonds. The van der Waals surface area contributed by atoms with Crippen LogP contribution in [0.3, 0.4) is 0 Å². The minimum Gasteiger partial charge on any atom is -0.379 e. The molecule has 28 heavy (non-hydrogen) atoms. The molecule has 2 aliphatic rings. The van der Waals surface area contributed by atoms with E-state index in [1.54, 1.807) is 6.92 Å². The maximum absolute atomic E-state index is 12.5. The molecule has 156 valence electrons. The van der Waals surface area contributed by atoms with Crippen molar-refractivity contribution in [2.24, 2.45) is 5.92 Å². The molecule has 0 aliphatic carbocycles. The highest BCUT2D eigenvalue weighted by molar-refractivity contribution is 7.89. The molecule has 1 N–H and O–H groups in total. The Labute approximate surface area is 168 Å². The summed E-state index contributed by atoms with van der Waals surface area (Å²) in [6, 6.07) is 8.30. The van der Waals surface area contributed by atoms with Crippen LogP contribution >= 0.6 is 0 Å². The Balaban J connectivity index is 1.47. The van der Waals surface area contributed by atoms with Gasteiger partial charge in [-0.2, -0.15) is 0 Å². The number of benzene rings is 1. The normalized spacial score (nSPS) is 22.1. The Morgan fingerprint density at radius 2 is 1.82 bits per heavy atom. The lowest BCUT2D eigenvalue weighted by Crippen LogP contribution is -2.45. The van der Waals surface area contributed by atoms with Crippen molar-refractivity contribution < 1.29 is 17.9 Å². The molecule has 2 aliphatic heterocycles. The van der Waals surface area contributed by atoms with Crippen LogP contribution in [0, 0.1) is 5.92 Å². The van der Waals surface area contributed by atoms with Gasteiger partial charge in [0.2, 0.25) is 15.9 Å². The number of piperidine rings is 1. The number of hydrogen-bond donors (Lipinski definition) is 1. The van der Waals surface area contributed by atoms with E-state index >= 15 is 0 Å². The first-order valence-corrected chi connectivity index (χ1v) is 11.7. The van der Waals surface area contributed by atoms with Gasteiger partial charge in [0, 0.05) is 39.3 Å². The summed E-state index contributed by atoms with van der Waals surface area (Å²) in [5.74, 6) is -0.248. The van der Waals surface area contributed by atoms with Crippen molar-refractivity contribution in [2.75, 3.05) is 45.1 Å². The Hall–Kier alpha value is -1.48. The van der Waals surface area contributed by atoms with Crippen molar-refractivity contribution in [3.05, 3.63) is 35.4 Å². The molecule has 1 aromatic rings. The van der Waals surface area contributed by atoms with E-state index in [-0.39, 0.29) is 17.6 Å². The fourth-order valence-corrected chi connectivity index (χ4v) is 4.88. The molecular weight excluding hydrogens is 378 g/mol. The maximum atomic E-state index is 12.5. The van der Waals surface area contributed by atoms with E-state index in [2.05, 4.69) is 22.3 Å². The zero-order valence-electron chi connectivity index (χ0n) is 16.6. The third-order valence-electron chi connectivity index (χ3n) is 5.51. The minimum atomic E-state index is -3.23. The van der Waals surface area contributed by atoms with Gasteiger partial charge in [0.05, 0.1) is 24.9 Å². The van der Waals surface area contributed by atoms with Crippen LogP contribution < -0.4 is 5.32 Å². The average Bonchev–Trinajstić information content (AvgIpc) is 2.74. The quantitative estimate of drug-likeness (QED) is 0.732. The first kappa shape index (κ1) is 21.2. The van der Waals surface area contributed by atoms with E-state index in [0.717, 1.165) is 51.3 Å². The first-order chi connectivity index (χ1) is 13.5. The second-order valence-corrected chi connectivity index (χ2v) is 9.78. The largest absolute Gasteiger partial charge is 0.379 e. The minimum absolute atomic E-state index is 0.0617. The number of carbonyl (C=O) groups excluding carboxylic acids is 1. The number of amides is 1. The topological polar surface area (TPSA) is 79.0 Å². The highest BCUT2D eigenvalue weighted by Gasteiger charge is 2.31. The molecule has 1 aromatic carbocycles. The lowest BCUT2D eigenvalue weighted by atomic mass is 9.98. The Morgan fingerprint density at radius 1 is 1.14 bits per heavy atom.